The minimum atomic E-state index is 0.837. The van der Waals surface area contributed by atoms with Crippen LogP contribution in [0.1, 0.15) is 5.69 Å². The van der Waals surface area contributed by atoms with E-state index in [1.807, 2.05) is 12.1 Å². The van der Waals surface area contributed by atoms with Crippen molar-refractivity contribution in [3.8, 4) is 0 Å². The van der Waals surface area contributed by atoms with Gasteiger partial charge >= 0.3 is 0 Å². The van der Waals surface area contributed by atoms with Gasteiger partial charge in [0.2, 0.25) is 0 Å². The van der Waals surface area contributed by atoms with E-state index in [0.717, 1.165) is 38.2 Å². The maximum Gasteiger partial charge on any atom is 0.0945 e. The number of benzene rings is 2. The Kier molecular flexibility index (Phi) is 5.20. The van der Waals surface area contributed by atoms with Crippen LogP contribution in [0.25, 0.3) is 10.9 Å². The SMILES string of the molecule is CN(C)Cc1ccc2cccc(NSc3ccc(Br)cc3)c2n1. The Bertz CT molecular complexity index is 803. The molecule has 0 amide bonds. The van der Waals surface area contributed by atoms with E-state index >= 15 is 0 Å². The van der Waals surface area contributed by atoms with Gasteiger partial charge in [-0.2, -0.15) is 0 Å². The highest BCUT2D eigenvalue weighted by atomic mass is 79.9. The third-order valence-electron chi connectivity index (χ3n) is 3.35. The Balaban J connectivity index is 1.85. The lowest BCUT2D eigenvalue weighted by Crippen LogP contribution is -2.11. The Morgan fingerprint density at radius 2 is 1.83 bits per heavy atom. The number of fused-ring (bicyclic) bond motifs is 1. The Morgan fingerprint density at radius 1 is 1.04 bits per heavy atom. The molecule has 3 nitrogen and oxygen atoms in total. The van der Waals surface area contributed by atoms with Gasteiger partial charge in [0.25, 0.3) is 0 Å². The number of rotatable bonds is 5. The smallest absolute Gasteiger partial charge is 0.0945 e. The van der Waals surface area contributed by atoms with Crippen molar-refractivity contribution in [1.29, 1.82) is 0 Å². The topological polar surface area (TPSA) is 28.2 Å². The van der Waals surface area contributed by atoms with Crippen LogP contribution < -0.4 is 4.72 Å². The molecule has 0 aliphatic heterocycles. The van der Waals surface area contributed by atoms with Crippen molar-refractivity contribution in [2.24, 2.45) is 0 Å². The molecule has 1 heterocycles. The van der Waals surface area contributed by atoms with Crippen molar-refractivity contribution in [1.82, 2.24) is 9.88 Å². The second-order valence-corrected chi connectivity index (χ2v) is 7.37. The molecule has 3 rings (SSSR count). The van der Waals surface area contributed by atoms with Gasteiger partial charge in [-0.05, 0) is 62.4 Å². The molecule has 118 valence electrons. The van der Waals surface area contributed by atoms with E-state index in [0.29, 0.717) is 0 Å². The number of hydrogen-bond acceptors (Lipinski definition) is 4. The summed E-state index contributed by atoms with van der Waals surface area (Å²) in [7, 11) is 4.11. The van der Waals surface area contributed by atoms with Gasteiger partial charge in [0.05, 0.1) is 16.9 Å². The van der Waals surface area contributed by atoms with Gasteiger partial charge in [-0.25, -0.2) is 4.98 Å². The number of anilines is 1. The summed E-state index contributed by atoms with van der Waals surface area (Å²) in [5, 5.41) is 1.15. The number of para-hydroxylation sites is 1. The summed E-state index contributed by atoms with van der Waals surface area (Å²) in [5.41, 5.74) is 3.12. The lowest BCUT2D eigenvalue weighted by Gasteiger charge is -2.12. The van der Waals surface area contributed by atoms with Crippen LogP contribution in [0.5, 0.6) is 0 Å². The number of hydrogen-bond donors (Lipinski definition) is 1. The van der Waals surface area contributed by atoms with Crippen LogP contribution in [0.3, 0.4) is 0 Å². The zero-order chi connectivity index (χ0) is 16.2. The van der Waals surface area contributed by atoms with Crippen LogP contribution in [0.2, 0.25) is 0 Å². The Hall–Kier alpha value is -1.56. The zero-order valence-electron chi connectivity index (χ0n) is 13.1. The van der Waals surface area contributed by atoms with Gasteiger partial charge in [-0.15, -0.1) is 0 Å². The standard InChI is InChI=1S/C18H18BrN3S/c1-22(2)12-15-9-6-13-4-3-5-17(18(13)20-15)21-23-16-10-7-14(19)8-11-16/h3-11,21H,12H2,1-2H3. The summed E-state index contributed by atoms with van der Waals surface area (Å²) in [4.78, 5) is 8.10. The number of aromatic nitrogens is 1. The first kappa shape index (κ1) is 16.3. The van der Waals surface area contributed by atoms with Gasteiger partial charge in [0, 0.05) is 21.3 Å². The first-order chi connectivity index (χ1) is 11.1. The summed E-state index contributed by atoms with van der Waals surface area (Å²) in [6.07, 6.45) is 0. The molecule has 5 heteroatoms. The first-order valence-corrected chi connectivity index (χ1v) is 8.94. The predicted octanol–water partition coefficient (Wildman–Crippen LogP) is 5.18. The lowest BCUT2D eigenvalue weighted by atomic mass is 10.2. The van der Waals surface area contributed by atoms with Crippen LogP contribution in [-0.2, 0) is 6.54 Å². The number of nitrogens with one attached hydrogen (secondary N) is 1. The molecule has 0 saturated carbocycles. The van der Waals surface area contributed by atoms with Crippen molar-refractivity contribution in [2.45, 2.75) is 11.4 Å². The van der Waals surface area contributed by atoms with Gasteiger partial charge in [0.1, 0.15) is 0 Å². The summed E-state index contributed by atoms with van der Waals surface area (Å²) in [6.45, 7) is 0.837. The normalized spacial score (nSPS) is 11.1. The lowest BCUT2D eigenvalue weighted by molar-refractivity contribution is 0.397. The third-order valence-corrected chi connectivity index (χ3v) is 4.71. The van der Waals surface area contributed by atoms with Crippen LogP contribution in [-0.4, -0.2) is 24.0 Å². The summed E-state index contributed by atoms with van der Waals surface area (Å²) in [6, 6.07) is 18.7. The van der Waals surface area contributed by atoms with Crippen molar-refractivity contribution in [3.05, 3.63) is 64.8 Å². The molecule has 0 radical (unpaired) electrons. The number of nitrogens with zero attached hydrogens (tertiary/aromatic N) is 2. The Labute approximate surface area is 149 Å². The molecular weight excluding hydrogens is 370 g/mol. The molecule has 23 heavy (non-hydrogen) atoms. The first-order valence-electron chi connectivity index (χ1n) is 7.33. The minimum Gasteiger partial charge on any atom is -0.324 e. The van der Waals surface area contributed by atoms with Gasteiger partial charge in [-0.3, -0.25) is 0 Å². The molecule has 1 aromatic heterocycles. The fraction of sp³-hybridized carbons (Fsp3) is 0.167. The molecular formula is C18H18BrN3S. The molecule has 0 aliphatic carbocycles. The molecule has 0 fully saturated rings. The fourth-order valence-electron chi connectivity index (χ4n) is 2.30. The second-order valence-electron chi connectivity index (χ2n) is 5.58. The van der Waals surface area contributed by atoms with Crippen LogP contribution in [0.15, 0.2) is 64.0 Å². The summed E-state index contributed by atoms with van der Waals surface area (Å²) >= 11 is 5.05. The maximum absolute atomic E-state index is 4.82. The van der Waals surface area contributed by atoms with Crippen molar-refractivity contribution < 1.29 is 0 Å². The van der Waals surface area contributed by atoms with E-state index in [4.69, 9.17) is 4.98 Å². The monoisotopic (exact) mass is 387 g/mol. The molecule has 0 saturated heterocycles. The van der Waals surface area contributed by atoms with Crippen molar-refractivity contribution in [2.75, 3.05) is 18.8 Å². The molecule has 0 aliphatic rings. The van der Waals surface area contributed by atoms with Gasteiger partial charge < -0.3 is 9.62 Å². The predicted molar refractivity (Wildman–Crippen MR) is 103 cm³/mol. The molecule has 0 spiro atoms. The molecule has 0 bridgehead atoms. The molecule has 0 atom stereocenters. The van der Waals surface area contributed by atoms with E-state index in [1.165, 1.54) is 0 Å². The fourth-order valence-corrected chi connectivity index (χ4v) is 3.23. The quantitative estimate of drug-likeness (QED) is 0.610. The molecule has 3 aromatic rings. The molecule has 0 unspecified atom stereocenters. The van der Waals surface area contributed by atoms with Crippen molar-refractivity contribution >= 4 is 44.5 Å². The van der Waals surface area contributed by atoms with E-state index in [-0.39, 0.29) is 0 Å². The van der Waals surface area contributed by atoms with Crippen LogP contribution >= 0.6 is 27.9 Å². The highest BCUT2D eigenvalue weighted by molar-refractivity contribution is 9.10. The molecule has 1 N–H and O–H groups in total. The third kappa shape index (κ3) is 4.25. The van der Waals surface area contributed by atoms with E-state index < -0.39 is 0 Å². The summed E-state index contributed by atoms with van der Waals surface area (Å²) < 4.78 is 4.51. The molecule has 2 aromatic carbocycles. The second kappa shape index (κ2) is 7.34. The highest BCUT2D eigenvalue weighted by Crippen LogP contribution is 2.28. The zero-order valence-corrected chi connectivity index (χ0v) is 15.5. The van der Waals surface area contributed by atoms with E-state index in [9.17, 15) is 0 Å². The van der Waals surface area contributed by atoms with E-state index in [2.05, 4.69) is 82.1 Å². The number of pyridine rings is 1. The van der Waals surface area contributed by atoms with Crippen molar-refractivity contribution in [3.63, 3.8) is 0 Å². The largest absolute Gasteiger partial charge is 0.324 e. The summed E-state index contributed by atoms with van der Waals surface area (Å²) in [5.74, 6) is 0. The van der Waals surface area contributed by atoms with Crippen LogP contribution in [0.4, 0.5) is 5.69 Å². The van der Waals surface area contributed by atoms with E-state index in [1.54, 1.807) is 11.9 Å². The Morgan fingerprint density at radius 3 is 2.57 bits per heavy atom. The average molecular weight is 388 g/mol. The van der Waals surface area contributed by atoms with Gasteiger partial charge in [0.15, 0.2) is 0 Å². The van der Waals surface area contributed by atoms with Gasteiger partial charge in [-0.1, -0.05) is 34.1 Å². The average Bonchev–Trinajstić information content (AvgIpc) is 2.54. The highest BCUT2D eigenvalue weighted by Gasteiger charge is 2.05. The minimum absolute atomic E-state index is 0.837. The number of halogens is 1. The maximum atomic E-state index is 4.82. The van der Waals surface area contributed by atoms with Crippen LogP contribution in [0, 0.1) is 0 Å².